The van der Waals surface area contributed by atoms with Gasteiger partial charge in [0.15, 0.2) is 6.61 Å². The van der Waals surface area contributed by atoms with E-state index < -0.39 is 6.04 Å². The maximum absolute atomic E-state index is 13.0. The van der Waals surface area contributed by atoms with E-state index in [-0.39, 0.29) is 25.0 Å². The summed E-state index contributed by atoms with van der Waals surface area (Å²) in [6.07, 6.45) is 0. The van der Waals surface area contributed by atoms with Crippen molar-refractivity contribution in [3.8, 4) is 5.75 Å². The Balaban J connectivity index is 1.80. The molecule has 0 saturated carbocycles. The lowest BCUT2D eigenvalue weighted by atomic mass is 10.1. The molecule has 0 spiro atoms. The van der Waals surface area contributed by atoms with Crippen LogP contribution in [0.5, 0.6) is 5.75 Å². The molecule has 3 aromatic rings. The average Bonchev–Trinajstić information content (AvgIpc) is 2.77. The molecule has 0 heterocycles. The molecule has 1 atom stereocenters. The Kier molecular flexibility index (Phi) is 7.19. The number of fused-ring (bicyclic) bond motifs is 1. The van der Waals surface area contributed by atoms with E-state index in [1.807, 2.05) is 42.5 Å². The third-order valence-electron chi connectivity index (χ3n) is 4.85. The lowest BCUT2D eigenvalue weighted by molar-refractivity contribution is -0.142. The highest BCUT2D eigenvalue weighted by molar-refractivity contribution is 6.42. The molecule has 0 unspecified atom stereocenters. The first-order valence-electron chi connectivity index (χ1n) is 9.46. The zero-order chi connectivity index (χ0) is 21.7. The van der Waals surface area contributed by atoms with E-state index in [0.29, 0.717) is 15.8 Å². The third kappa shape index (κ3) is 5.04. The largest absolute Gasteiger partial charge is 0.483 e. The first kappa shape index (κ1) is 21.9. The summed E-state index contributed by atoms with van der Waals surface area (Å²) < 4.78 is 5.84. The zero-order valence-corrected chi connectivity index (χ0v) is 18.2. The number of nitrogens with zero attached hydrogens (tertiary/aromatic N) is 1. The molecule has 0 radical (unpaired) electrons. The number of likely N-dealkylation sites (N-methyl/N-ethyl adjacent to an activating group) is 1. The van der Waals surface area contributed by atoms with Crippen molar-refractivity contribution in [1.82, 2.24) is 10.2 Å². The van der Waals surface area contributed by atoms with Crippen LogP contribution in [-0.2, 0) is 16.1 Å². The van der Waals surface area contributed by atoms with Gasteiger partial charge in [-0.25, -0.2) is 0 Å². The number of ether oxygens (including phenoxy) is 1. The summed E-state index contributed by atoms with van der Waals surface area (Å²) >= 11 is 12.1. The first-order valence-corrected chi connectivity index (χ1v) is 10.2. The molecule has 5 nitrogen and oxygen atoms in total. The van der Waals surface area contributed by atoms with Crippen molar-refractivity contribution in [3.63, 3.8) is 0 Å². The number of benzene rings is 3. The van der Waals surface area contributed by atoms with Crippen LogP contribution in [0.25, 0.3) is 10.8 Å². The molecule has 3 aromatic carbocycles. The van der Waals surface area contributed by atoms with Crippen molar-refractivity contribution in [3.05, 3.63) is 76.3 Å². The Hall–Kier alpha value is -2.76. The van der Waals surface area contributed by atoms with E-state index in [2.05, 4.69) is 5.32 Å². The van der Waals surface area contributed by atoms with Gasteiger partial charge in [0.05, 0.1) is 10.0 Å². The van der Waals surface area contributed by atoms with Crippen LogP contribution in [0.15, 0.2) is 60.7 Å². The fraction of sp³-hybridized carbons (Fsp3) is 0.217. The smallest absolute Gasteiger partial charge is 0.261 e. The number of amides is 2. The zero-order valence-electron chi connectivity index (χ0n) is 16.7. The molecule has 3 rings (SSSR count). The molecule has 0 bridgehead atoms. The summed E-state index contributed by atoms with van der Waals surface area (Å²) in [6.45, 7) is 1.67. The Morgan fingerprint density at radius 1 is 1.03 bits per heavy atom. The molecule has 0 aliphatic carbocycles. The van der Waals surface area contributed by atoms with Gasteiger partial charge in [-0.2, -0.15) is 0 Å². The fourth-order valence-electron chi connectivity index (χ4n) is 3.17. The number of carbonyl (C=O) groups is 2. The van der Waals surface area contributed by atoms with Gasteiger partial charge in [0, 0.05) is 19.0 Å². The molecule has 1 N–H and O–H groups in total. The third-order valence-corrected chi connectivity index (χ3v) is 5.59. The minimum absolute atomic E-state index is 0.198. The maximum atomic E-state index is 13.0. The number of halogens is 2. The monoisotopic (exact) mass is 444 g/mol. The predicted octanol–water partition coefficient (Wildman–Crippen LogP) is 4.69. The van der Waals surface area contributed by atoms with E-state index in [1.54, 1.807) is 25.1 Å². The van der Waals surface area contributed by atoms with Gasteiger partial charge in [0.25, 0.3) is 5.91 Å². The Morgan fingerprint density at radius 3 is 2.50 bits per heavy atom. The lowest BCUT2D eigenvalue weighted by Crippen LogP contribution is -2.48. The standard InChI is InChI=1S/C23H22Cl2N2O3/c1-15(23(29)26-2)27(13-16-10-11-19(24)20(25)12-16)22(28)14-30-21-9-5-7-17-6-3-4-8-18(17)21/h3-12,15H,13-14H2,1-2H3,(H,26,29)/t15-/m0/s1. The van der Waals surface area contributed by atoms with Gasteiger partial charge in [0.1, 0.15) is 11.8 Å². The van der Waals surface area contributed by atoms with Crippen LogP contribution < -0.4 is 10.1 Å². The van der Waals surface area contributed by atoms with Crippen molar-refractivity contribution in [2.75, 3.05) is 13.7 Å². The van der Waals surface area contributed by atoms with Gasteiger partial charge in [-0.15, -0.1) is 0 Å². The second kappa shape index (κ2) is 9.83. The summed E-state index contributed by atoms with van der Waals surface area (Å²) in [5.74, 6) is 0.0298. The second-order valence-corrected chi connectivity index (χ2v) is 7.64. The number of hydrogen-bond donors (Lipinski definition) is 1. The van der Waals surface area contributed by atoms with Crippen molar-refractivity contribution in [1.29, 1.82) is 0 Å². The summed E-state index contributed by atoms with van der Waals surface area (Å²) in [5.41, 5.74) is 0.763. The van der Waals surface area contributed by atoms with E-state index in [0.717, 1.165) is 16.3 Å². The fourth-order valence-corrected chi connectivity index (χ4v) is 3.49. The summed E-state index contributed by atoms with van der Waals surface area (Å²) in [6, 6.07) is 17.9. The molecular weight excluding hydrogens is 423 g/mol. The summed E-state index contributed by atoms with van der Waals surface area (Å²) in [4.78, 5) is 26.7. The highest BCUT2D eigenvalue weighted by Gasteiger charge is 2.26. The van der Waals surface area contributed by atoms with Gasteiger partial charge < -0.3 is 15.0 Å². The van der Waals surface area contributed by atoms with E-state index in [9.17, 15) is 9.59 Å². The molecule has 0 aliphatic rings. The molecular formula is C23H22Cl2N2O3. The van der Waals surface area contributed by atoms with Crippen molar-refractivity contribution in [2.45, 2.75) is 19.5 Å². The van der Waals surface area contributed by atoms with Crippen LogP contribution in [0.3, 0.4) is 0 Å². The van der Waals surface area contributed by atoms with Gasteiger partial charge in [-0.05, 0) is 36.1 Å². The minimum Gasteiger partial charge on any atom is -0.483 e. The summed E-state index contributed by atoms with van der Waals surface area (Å²) in [5, 5.41) is 5.34. The van der Waals surface area contributed by atoms with Gasteiger partial charge in [0.2, 0.25) is 5.91 Å². The Bertz CT molecular complexity index is 1070. The quantitative estimate of drug-likeness (QED) is 0.574. The molecule has 30 heavy (non-hydrogen) atoms. The minimum atomic E-state index is -0.687. The van der Waals surface area contributed by atoms with Crippen LogP contribution in [0.4, 0.5) is 0 Å². The molecule has 0 fully saturated rings. The van der Waals surface area contributed by atoms with Crippen LogP contribution in [0.2, 0.25) is 10.0 Å². The normalized spacial score (nSPS) is 11.7. The second-order valence-electron chi connectivity index (χ2n) is 6.83. The molecule has 0 saturated heterocycles. The van der Waals surface area contributed by atoms with Gasteiger partial charge >= 0.3 is 0 Å². The number of rotatable bonds is 7. The number of carbonyl (C=O) groups excluding carboxylic acids is 2. The van der Waals surface area contributed by atoms with Gasteiger partial charge in [-0.1, -0.05) is 65.7 Å². The highest BCUT2D eigenvalue weighted by atomic mass is 35.5. The molecule has 0 aromatic heterocycles. The average molecular weight is 445 g/mol. The summed E-state index contributed by atoms with van der Waals surface area (Å²) in [7, 11) is 1.53. The highest BCUT2D eigenvalue weighted by Crippen LogP contribution is 2.26. The lowest BCUT2D eigenvalue weighted by Gasteiger charge is -2.28. The van der Waals surface area contributed by atoms with E-state index >= 15 is 0 Å². The van der Waals surface area contributed by atoms with Crippen molar-refractivity contribution < 1.29 is 14.3 Å². The maximum Gasteiger partial charge on any atom is 0.261 e. The van der Waals surface area contributed by atoms with Crippen molar-refractivity contribution in [2.24, 2.45) is 0 Å². The Labute approximate surface area is 185 Å². The van der Waals surface area contributed by atoms with E-state index in [1.165, 1.54) is 11.9 Å². The van der Waals surface area contributed by atoms with E-state index in [4.69, 9.17) is 27.9 Å². The van der Waals surface area contributed by atoms with Crippen LogP contribution >= 0.6 is 23.2 Å². The van der Waals surface area contributed by atoms with Crippen molar-refractivity contribution >= 4 is 45.8 Å². The van der Waals surface area contributed by atoms with Gasteiger partial charge in [-0.3, -0.25) is 9.59 Å². The Morgan fingerprint density at radius 2 is 1.77 bits per heavy atom. The molecule has 7 heteroatoms. The first-order chi connectivity index (χ1) is 14.4. The topological polar surface area (TPSA) is 58.6 Å². The number of hydrogen-bond acceptors (Lipinski definition) is 3. The van der Waals surface area contributed by atoms with Crippen LogP contribution in [-0.4, -0.2) is 36.4 Å². The molecule has 2 amide bonds. The predicted molar refractivity (Wildman–Crippen MR) is 120 cm³/mol. The molecule has 0 aliphatic heterocycles. The molecule has 156 valence electrons. The van der Waals surface area contributed by atoms with Crippen LogP contribution in [0, 0.1) is 0 Å². The number of nitrogens with one attached hydrogen (secondary N) is 1. The van der Waals surface area contributed by atoms with Crippen LogP contribution in [0.1, 0.15) is 12.5 Å². The SMILES string of the molecule is CNC(=O)[C@H](C)N(Cc1ccc(Cl)c(Cl)c1)C(=O)COc1cccc2ccccc12.